The fourth-order valence-electron chi connectivity index (χ4n) is 3.00. The fraction of sp³-hybridized carbons (Fsp3) is 0.389. The normalized spacial score (nSPS) is 20.1. The number of hydrogen-bond acceptors (Lipinski definition) is 3. The Bertz CT molecular complexity index is 866. The molecule has 0 saturated carbocycles. The summed E-state index contributed by atoms with van der Waals surface area (Å²) in [4.78, 5) is 14.1. The molecule has 1 fully saturated rings. The van der Waals surface area contributed by atoms with Crippen molar-refractivity contribution in [1.29, 1.82) is 0 Å². The third-order valence-corrected chi connectivity index (χ3v) is 4.73. The number of alkyl halides is 3. The van der Waals surface area contributed by atoms with Gasteiger partial charge in [-0.05, 0) is 30.3 Å². The summed E-state index contributed by atoms with van der Waals surface area (Å²) < 4.78 is 45.7. The summed E-state index contributed by atoms with van der Waals surface area (Å²) in [5.41, 5.74) is 0.396. The van der Waals surface area contributed by atoms with E-state index in [-0.39, 0.29) is 12.8 Å². The molecule has 1 aromatic heterocycles. The van der Waals surface area contributed by atoms with Crippen molar-refractivity contribution in [2.75, 3.05) is 25.5 Å². The molecule has 0 aliphatic carbocycles. The molecular formula is C18H20ClF3N3O2+. The molecule has 2 N–H and O–H groups in total. The third-order valence-electron chi connectivity index (χ3n) is 4.46. The molecular weight excluding hydrogens is 383 g/mol. The number of ether oxygens (including phenoxy) is 1. The van der Waals surface area contributed by atoms with Crippen LogP contribution in [0.5, 0.6) is 0 Å². The van der Waals surface area contributed by atoms with Gasteiger partial charge < -0.3 is 19.5 Å². The molecule has 0 amide bonds. The van der Waals surface area contributed by atoms with Crippen LogP contribution >= 0.6 is 11.6 Å². The van der Waals surface area contributed by atoms with Gasteiger partial charge in [0.2, 0.25) is 6.23 Å². The first kappa shape index (κ1) is 19.7. The highest BCUT2D eigenvalue weighted by Crippen LogP contribution is 2.30. The second kappa shape index (κ2) is 7.53. The minimum Gasteiger partial charge on any atom is -0.378 e. The van der Waals surface area contributed by atoms with E-state index in [1.54, 1.807) is 0 Å². The zero-order valence-corrected chi connectivity index (χ0v) is 15.6. The summed E-state index contributed by atoms with van der Waals surface area (Å²) >= 11 is 5.69. The largest absolute Gasteiger partial charge is 0.417 e. The van der Waals surface area contributed by atoms with Crippen molar-refractivity contribution in [3.05, 3.63) is 63.0 Å². The first-order valence-electron chi connectivity index (χ1n) is 8.38. The zero-order chi connectivity index (χ0) is 19.8. The zero-order valence-electron chi connectivity index (χ0n) is 14.8. The van der Waals surface area contributed by atoms with Gasteiger partial charge in [-0.2, -0.15) is 13.2 Å². The van der Waals surface area contributed by atoms with Crippen molar-refractivity contribution < 1.29 is 23.2 Å². The van der Waals surface area contributed by atoms with Gasteiger partial charge >= 0.3 is 6.18 Å². The van der Waals surface area contributed by atoms with Crippen molar-refractivity contribution in [1.82, 2.24) is 4.57 Å². The lowest BCUT2D eigenvalue weighted by molar-refractivity contribution is -0.697. The standard InChI is InChI=1S/C18H19ClF3N3O2/c1-24(2)13-5-3-11(4-6-13)16-23-8-14(27-16)10-25-9-12(18(20,21)22)7-15(19)17(25)26/h3-7,9,14,16,23H,8,10H2,1-2H3/p+1/t14-,16-/m0/s1. The van der Waals surface area contributed by atoms with Crippen molar-refractivity contribution in [3.63, 3.8) is 0 Å². The number of anilines is 1. The minimum atomic E-state index is -4.57. The maximum Gasteiger partial charge on any atom is 0.417 e. The van der Waals surface area contributed by atoms with Crippen LogP contribution in [0.2, 0.25) is 5.02 Å². The number of halogens is 4. The van der Waals surface area contributed by atoms with E-state index in [9.17, 15) is 18.0 Å². The molecule has 2 atom stereocenters. The molecule has 5 nitrogen and oxygen atoms in total. The Hall–Kier alpha value is -2.03. The SMILES string of the molecule is CN(C)c1ccc([C@H]2[NH2+]C[C@@H](Cn3cc(C(F)(F)F)cc(Cl)c3=O)O2)cc1. The van der Waals surface area contributed by atoms with Crippen LogP contribution in [0.15, 0.2) is 41.3 Å². The number of nitrogens with two attached hydrogens (primary N) is 1. The molecule has 146 valence electrons. The van der Waals surface area contributed by atoms with Gasteiger partial charge in [-0.25, -0.2) is 0 Å². The Morgan fingerprint density at radius 1 is 1.30 bits per heavy atom. The Balaban J connectivity index is 1.73. The Morgan fingerprint density at radius 2 is 1.96 bits per heavy atom. The van der Waals surface area contributed by atoms with Crippen LogP contribution in [0, 0.1) is 0 Å². The van der Waals surface area contributed by atoms with E-state index in [1.807, 2.05) is 48.6 Å². The van der Waals surface area contributed by atoms with Gasteiger partial charge in [0.25, 0.3) is 5.56 Å². The second-order valence-electron chi connectivity index (χ2n) is 6.67. The lowest BCUT2D eigenvalue weighted by atomic mass is 10.2. The van der Waals surface area contributed by atoms with Gasteiger partial charge in [0.15, 0.2) is 0 Å². The highest BCUT2D eigenvalue weighted by Gasteiger charge is 2.34. The first-order chi connectivity index (χ1) is 12.6. The summed E-state index contributed by atoms with van der Waals surface area (Å²) in [6.07, 6.45) is -4.45. The van der Waals surface area contributed by atoms with E-state index in [0.29, 0.717) is 12.6 Å². The van der Waals surface area contributed by atoms with Gasteiger partial charge in [-0.15, -0.1) is 0 Å². The second-order valence-corrected chi connectivity index (χ2v) is 7.08. The number of benzene rings is 1. The van der Waals surface area contributed by atoms with Crippen LogP contribution in [0.4, 0.5) is 18.9 Å². The van der Waals surface area contributed by atoms with Gasteiger partial charge in [-0.1, -0.05) is 11.6 Å². The smallest absolute Gasteiger partial charge is 0.378 e. The van der Waals surface area contributed by atoms with Crippen molar-refractivity contribution in [2.24, 2.45) is 0 Å². The van der Waals surface area contributed by atoms with E-state index in [2.05, 4.69) is 0 Å². The molecule has 1 aliphatic rings. The molecule has 2 heterocycles. The maximum atomic E-state index is 13.0. The molecule has 9 heteroatoms. The van der Waals surface area contributed by atoms with Crippen LogP contribution in [0.3, 0.4) is 0 Å². The summed E-state index contributed by atoms with van der Waals surface area (Å²) in [6, 6.07) is 8.49. The van der Waals surface area contributed by atoms with E-state index in [0.717, 1.165) is 22.0 Å². The number of hydrogen-bond donors (Lipinski definition) is 1. The third kappa shape index (κ3) is 4.45. The molecule has 0 spiro atoms. The van der Waals surface area contributed by atoms with Crippen LogP contribution in [0.1, 0.15) is 17.4 Å². The Morgan fingerprint density at radius 3 is 2.56 bits per heavy atom. The van der Waals surface area contributed by atoms with Crippen LogP contribution in [-0.4, -0.2) is 31.3 Å². The van der Waals surface area contributed by atoms with Crippen molar-refractivity contribution in [2.45, 2.75) is 25.1 Å². The topological polar surface area (TPSA) is 51.1 Å². The first-order valence-corrected chi connectivity index (χ1v) is 8.76. The highest BCUT2D eigenvalue weighted by molar-refractivity contribution is 6.30. The number of pyridine rings is 1. The molecule has 27 heavy (non-hydrogen) atoms. The summed E-state index contributed by atoms with van der Waals surface area (Å²) in [6.45, 7) is 0.533. The maximum absolute atomic E-state index is 13.0. The van der Waals surface area contributed by atoms with Gasteiger partial charge in [0, 0.05) is 31.5 Å². The number of rotatable bonds is 4. The molecule has 1 aromatic carbocycles. The number of quaternary nitrogens is 1. The van der Waals surface area contributed by atoms with Gasteiger partial charge in [0.1, 0.15) is 17.7 Å². The quantitative estimate of drug-likeness (QED) is 0.853. The highest BCUT2D eigenvalue weighted by atomic mass is 35.5. The molecule has 3 rings (SSSR count). The molecule has 0 unspecified atom stereocenters. The number of nitrogens with zero attached hydrogens (tertiary/aromatic N) is 2. The van der Waals surface area contributed by atoms with Crippen molar-refractivity contribution in [3.8, 4) is 0 Å². The monoisotopic (exact) mass is 402 g/mol. The molecule has 1 saturated heterocycles. The van der Waals surface area contributed by atoms with E-state index >= 15 is 0 Å². The van der Waals surface area contributed by atoms with Gasteiger partial charge in [-0.3, -0.25) is 4.79 Å². The molecule has 2 aromatic rings. The summed E-state index contributed by atoms with van der Waals surface area (Å²) in [7, 11) is 3.89. The van der Waals surface area contributed by atoms with E-state index < -0.39 is 28.4 Å². The van der Waals surface area contributed by atoms with E-state index in [1.165, 1.54) is 0 Å². The Labute approximate surface area is 159 Å². The molecule has 0 radical (unpaired) electrons. The average molecular weight is 403 g/mol. The minimum absolute atomic E-state index is 0.00521. The molecule has 0 bridgehead atoms. The van der Waals surface area contributed by atoms with Crippen molar-refractivity contribution >= 4 is 17.3 Å². The fourth-order valence-corrected chi connectivity index (χ4v) is 3.22. The summed E-state index contributed by atoms with van der Waals surface area (Å²) in [5.74, 6) is 0. The number of aromatic nitrogens is 1. The predicted octanol–water partition coefficient (Wildman–Crippen LogP) is 2.25. The van der Waals surface area contributed by atoms with Gasteiger partial charge in [0.05, 0.1) is 12.1 Å². The molecule has 1 aliphatic heterocycles. The van der Waals surface area contributed by atoms with Crippen LogP contribution < -0.4 is 15.8 Å². The average Bonchev–Trinajstić information content (AvgIpc) is 3.06. The Kier molecular flexibility index (Phi) is 5.50. The lowest BCUT2D eigenvalue weighted by Gasteiger charge is -2.15. The van der Waals surface area contributed by atoms with Crippen LogP contribution in [0.25, 0.3) is 0 Å². The van der Waals surface area contributed by atoms with E-state index in [4.69, 9.17) is 16.3 Å². The predicted molar refractivity (Wildman–Crippen MR) is 95.9 cm³/mol. The lowest BCUT2D eigenvalue weighted by Crippen LogP contribution is -2.82. The summed E-state index contributed by atoms with van der Waals surface area (Å²) in [5, 5.41) is 1.50. The van der Waals surface area contributed by atoms with Crippen LogP contribution in [-0.2, 0) is 17.5 Å².